The highest BCUT2D eigenvalue weighted by Gasteiger charge is 2.15. The average Bonchev–Trinajstić information content (AvgIpc) is 2.76. The second-order valence-electron chi connectivity index (χ2n) is 3.60. The van der Waals surface area contributed by atoms with Gasteiger partial charge in [0.1, 0.15) is 11.9 Å². The first kappa shape index (κ1) is 11.2. The Morgan fingerprint density at radius 2 is 2.18 bits per heavy atom. The molecule has 3 N–H and O–H groups in total. The number of anilines is 1. The van der Waals surface area contributed by atoms with Gasteiger partial charge >= 0.3 is 0 Å². The molecule has 1 unspecified atom stereocenters. The molecule has 2 aromatic rings. The molecule has 0 aliphatic rings. The number of H-pyrrole nitrogens is 1. The largest absolute Gasteiger partial charge is 0.459 e. The van der Waals surface area contributed by atoms with Gasteiger partial charge in [0.15, 0.2) is 0 Å². The van der Waals surface area contributed by atoms with E-state index in [-0.39, 0.29) is 6.10 Å². The van der Waals surface area contributed by atoms with Crippen LogP contribution in [0.25, 0.3) is 0 Å². The zero-order valence-corrected chi connectivity index (χ0v) is 9.17. The van der Waals surface area contributed by atoms with Crippen molar-refractivity contribution in [3.8, 4) is 0 Å². The summed E-state index contributed by atoms with van der Waals surface area (Å²) in [5.41, 5.74) is 7.31. The van der Waals surface area contributed by atoms with E-state index >= 15 is 0 Å². The van der Waals surface area contributed by atoms with E-state index in [4.69, 9.17) is 10.5 Å². The van der Waals surface area contributed by atoms with E-state index < -0.39 is 0 Å². The van der Waals surface area contributed by atoms with E-state index in [1.165, 1.54) is 6.33 Å². The maximum atomic E-state index is 10.5. The summed E-state index contributed by atoms with van der Waals surface area (Å²) in [5, 5.41) is 0. The highest BCUT2D eigenvalue weighted by molar-refractivity contribution is 5.40. The normalized spacial score (nSPS) is 12.0. The van der Waals surface area contributed by atoms with E-state index in [0.29, 0.717) is 24.4 Å². The van der Waals surface area contributed by atoms with Gasteiger partial charge in [-0.05, 0) is 5.56 Å². The van der Waals surface area contributed by atoms with Gasteiger partial charge in [0.2, 0.25) is 0 Å². The van der Waals surface area contributed by atoms with Crippen LogP contribution in [-0.2, 0) is 16.0 Å². The summed E-state index contributed by atoms with van der Waals surface area (Å²) >= 11 is 0. The van der Waals surface area contributed by atoms with Crippen molar-refractivity contribution in [1.29, 1.82) is 0 Å². The zero-order valence-electron chi connectivity index (χ0n) is 9.17. The molecule has 1 heterocycles. The summed E-state index contributed by atoms with van der Waals surface area (Å²) in [4.78, 5) is 17.4. The van der Waals surface area contributed by atoms with Crippen molar-refractivity contribution in [3.63, 3.8) is 0 Å². The first-order valence-corrected chi connectivity index (χ1v) is 5.23. The molecule has 1 atom stereocenters. The van der Waals surface area contributed by atoms with E-state index in [1.807, 2.05) is 30.3 Å². The number of benzene rings is 1. The summed E-state index contributed by atoms with van der Waals surface area (Å²) in [5.74, 6) is 0.500. The molecule has 17 heavy (non-hydrogen) atoms. The van der Waals surface area contributed by atoms with Crippen LogP contribution in [0.1, 0.15) is 17.4 Å². The van der Waals surface area contributed by atoms with Crippen molar-refractivity contribution in [2.45, 2.75) is 12.5 Å². The zero-order chi connectivity index (χ0) is 12.1. The van der Waals surface area contributed by atoms with Gasteiger partial charge in [-0.2, -0.15) is 0 Å². The first-order chi connectivity index (χ1) is 8.31. The van der Waals surface area contributed by atoms with Crippen LogP contribution in [0.15, 0.2) is 36.7 Å². The Hall–Kier alpha value is -2.30. The molecule has 0 radical (unpaired) electrons. The number of aromatic amines is 1. The number of hydrogen-bond acceptors (Lipinski definition) is 4. The summed E-state index contributed by atoms with van der Waals surface area (Å²) < 4.78 is 5.07. The number of aromatic nitrogens is 2. The van der Waals surface area contributed by atoms with Crippen LogP contribution in [0, 0.1) is 0 Å². The van der Waals surface area contributed by atoms with Gasteiger partial charge in [-0.15, -0.1) is 0 Å². The maximum Gasteiger partial charge on any atom is 0.293 e. The second kappa shape index (κ2) is 5.16. The highest BCUT2D eigenvalue weighted by atomic mass is 16.5. The van der Waals surface area contributed by atoms with Crippen molar-refractivity contribution >= 4 is 12.3 Å². The van der Waals surface area contributed by atoms with Gasteiger partial charge < -0.3 is 15.5 Å². The number of nitrogens with two attached hydrogens (primary N) is 1. The van der Waals surface area contributed by atoms with Gasteiger partial charge in [-0.25, -0.2) is 4.98 Å². The summed E-state index contributed by atoms with van der Waals surface area (Å²) in [6, 6.07) is 9.49. The van der Waals surface area contributed by atoms with E-state index in [2.05, 4.69) is 9.97 Å². The van der Waals surface area contributed by atoms with Crippen LogP contribution in [0.4, 0.5) is 5.82 Å². The first-order valence-electron chi connectivity index (χ1n) is 5.23. The molecule has 5 heteroatoms. The van der Waals surface area contributed by atoms with E-state index in [1.54, 1.807) is 0 Å². The molecule has 1 aromatic heterocycles. The minimum absolute atomic E-state index is 0.362. The Balaban J connectivity index is 2.19. The number of hydrogen-bond donors (Lipinski definition) is 2. The third-order valence-electron chi connectivity index (χ3n) is 2.52. The molecule has 0 fully saturated rings. The van der Waals surface area contributed by atoms with Gasteiger partial charge in [-0.1, -0.05) is 30.3 Å². The van der Waals surface area contributed by atoms with Gasteiger partial charge in [0.05, 0.1) is 12.0 Å². The summed E-state index contributed by atoms with van der Waals surface area (Å²) in [6.07, 6.45) is 1.62. The quantitative estimate of drug-likeness (QED) is 0.763. The standard InChI is InChI=1S/C12H13N3O2/c13-12-10(14-7-15-12)6-11(17-8-16)9-4-2-1-3-5-9/h1-5,7-8,11H,6,13H2,(H,14,15). The molecule has 0 saturated carbocycles. The number of rotatable bonds is 5. The molecule has 2 rings (SSSR count). The number of nitrogens with zero attached hydrogens (tertiary/aromatic N) is 1. The number of carbonyl (C=O) groups excluding carboxylic acids is 1. The average molecular weight is 231 g/mol. The molecule has 0 aliphatic heterocycles. The molecular weight excluding hydrogens is 218 g/mol. The lowest BCUT2D eigenvalue weighted by atomic mass is 10.0. The Morgan fingerprint density at radius 1 is 1.41 bits per heavy atom. The lowest BCUT2D eigenvalue weighted by molar-refractivity contribution is -0.133. The van der Waals surface area contributed by atoms with Crippen molar-refractivity contribution in [2.75, 3.05) is 5.73 Å². The van der Waals surface area contributed by atoms with Crippen LogP contribution in [-0.4, -0.2) is 16.4 Å². The number of nitrogen functional groups attached to an aromatic ring is 1. The SMILES string of the molecule is Nc1[nH]cnc1CC(OC=O)c1ccccc1. The van der Waals surface area contributed by atoms with Crippen molar-refractivity contribution in [1.82, 2.24) is 9.97 Å². The minimum Gasteiger partial charge on any atom is -0.459 e. The van der Waals surface area contributed by atoms with Crippen molar-refractivity contribution in [2.24, 2.45) is 0 Å². The third kappa shape index (κ3) is 2.63. The Morgan fingerprint density at radius 3 is 2.76 bits per heavy atom. The Kier molecular flexibility index (Phi) is 3.40. The van der Waals surface area contributed by atoms with Crippen LogP contribution < -0.4 is 5.73 Å². The van der Waals surface area contributed by atoms with Gasteiger partial charge in [-0.3, -0.25) is 4.79 Å². The number of nitrogens with one attached hydrogen (secondary N) is 1. The smallest absolute Gasteiger partial charge is 0.293 e. The number of ether oxygens (including phenoxy) is 1. The lowest BCUT2D eigenvalue weighted by Gasteiger charge is -2.14. The van der Waals surface area contributed by atoms with Crippen LogP contribution in [0.5, 0.6) is 0 Å². The maximum absolute atomic E-state index is 10.5. The van der Waals surface area contributed by atoms with E-state index in [0.717, 1.165) is 5.56 Å². The Bertz CT molecular complexity index is 482. The number of carbonyl (C=O) groups is 1. The van der Waals surface area contributed by atoms with Crippen LogP contribution in [0.2, 0.25) is 0 Å². The molecule has 0 aliphatic carbocycles. The summed E-state index contributed by atoms with van der Waals surface area (Å²) in [6.45, 7) is 0.445. The predicted molar refractivity (Wildman–Crippen MR) is 63.0 cm³/mol. The van der Waals surface area contributed by atoms with Gasteiger partial charge in [0.25, 0.3) is 6.47 Å². The fourth-order valence-corrected chi connectivity index (χ4v) is 1.65. The molecule has 5 nitrogen and oxygen atoms in total. The molecule has 0 bridgehead atoms. The molecule has 0 amide bonds. The van der Waals surface area contributed by atoms with Crippen LogP contribution >= 0.6 is 0 Å². The molecule has 0 saturated heterocycles. The highest BCUT2D eigenvalue weighted by Crippen LogP contribution is 2.22. The minimum atomic E-state index is -0.362. The lowest BCUT2D eigenvalue weighted by Crippen LogP contribution is -2.08. The number of imidazole rings is 1. The fraction of sp³-hybridized carbons (Fsp3) is 0.167. The molecular formula is C12H13N3O2. The van der Waals surface area contributed by atoms with Crippen LogP contribution in [0.3, 0.4) is 0 Å². The molecule has 0 spiro atoms. The third-order valence-corrected chi connectivity index (χ3v) is 2.52. The predicted octanol–water partition coefficient (Wildman–Crippen LogP) is 1.45. The summed E-state index contributed by atoms with van der Waals surface area (Å²) in [7, 11) is 0. The van der Waals surface area contributed by atoms with Crippen molar-refractivity contribution < 1.29 is 9.53 Å². The van der Waals surface area contributed by atoms with E-state index in [9.17, 15) is 4.79 Å². The molecule has 88 valence electrons. The topological polar surface area (TPSA) is 81.0 Å². The Labute approximate surface area is 98.6 Å². The molecule has 1 aromatic carbocycles. The second-order valence-corrected chi connectivity index (χ2v) is 3.60. The van der Waals surface area contributed by atoms with Gasteiger partial charge in [0, 0.05) is 6.42 Å². The van der Waals surface area contributed by atoms with Crippen molar-refractivity contribution in [3.05, 3.63) is 47.9 Å². The monoisotopic (exact) mass is 231 g/mol. The fourth-order valence-electron chi connectivity index (χ4n) is 1.65.